The van der Waals surface area contributed by atoms with Crippen LogP contribution in [0.5, 0.6) is 0 Å². The van der Waals surface area contributed by atoms with Crippen LogP contribution in [0.1, 0.15) is 92.5 Å². The number of nitrogens with zero attached hydrogens (tertiary/aromatic N) is 2. The Bertz CT molecular complexity index is 1290. The minimum Gasteiger partial charge on any atom is -0.343 e. The Morgan fingerprint density at radius 1 is 0.949 bits per heavy atom. The highest BCUT2D eigenvalue weighted by Crippen LogP contribution is 2.51. The molecule has 39 heavy (non-hydrogen) atoms. The topological polar surface area (TPSA) is 122 Å². The van der Waals surface area contributed by atoms with Gasteiger partial charge in [0.2, 0.25) is 11.7 Å². The number of benzene rings is 1. The summed E-state index contributed by atoms with van der Waals surface area (Å²) < 4.78 is 1.68. The highest BCUT2D eigenvalue weighted by molar-refractivity contribution is 6.37. The summed E-state index contributed by atoms with van der Waals surface area (Å²) in [4.78, 5) is 51.6. The SMILES string of the molecule is CC(C)n1nccc1C(=O)N[C@H](C(=O)Nc1ccc2c(c1)CC[C@H]2NC(=O)C(=O)C1CC1)C(C1CC1)C1CC1. The number of Topliss-reactive ketones (excluding diaryl/α,β-unsaturated/α-hetero) is 1. The third-order valence-electron chi connectivity index (χ3n) is 8.64. The van der Waals surface area contributed by atoms with Gasteiger partial charge in [-0.2, -0.15) is 5.10 Å². The molecular formula is C30H37N5O4. The van der Waals surface area contributed by atoms with E-state index < -0.39 is 11.9 Å². The number of aromatic nitrogens is 2. The summed E-state index contributed by atoms with van der Waals surface area (Å²) in [6.07, 6.45) is 9.10. The van der Waals surface area contributed by atoms with E-state index in [2.05, 4.69) is 21.0 Å². The predicted octanol–water partition coefficient (Wildman–Crippen LogP) is 3.72. The van der Waals surface area contributed by atoms with Crippen LogP contribution in [0.2, 0.25) is 0 Å². The van der Waals surface area contributed by atoms with E-state index in [1.807, 2.05) is 32.0 Å². The molecule has 9 heteroatoms. The van der Waals surface area contributed by atoms with E-state index in [1.165, 1.54) is 0 Å². The van der Waals surface area contributed by atoms with Gasteiger partial charge in [-0.3, -0.25) is 23.9 Å². The normalized spacial score (nSPS) is 21.0. The molecule has 0 unspecified atom stereocenters. The molecule has 2 atom stereocenters. The second-order valence-electron chi connectivity index (χ2n) is 12.1. The molecule has 3 amide bonds. The first-order chi connectivity index (χ1) is 18.8. The average molecular weight is 532 g/mol. The first-order valence-corrected chi connectivity index (χ1v) is 14.4. The number of carbonyl (C=O) groups excluding carboxylic acids is 4. The van der Waals surface area contributed by atoms with Crippen LogP contribution in [0.4, 0.5) is 5.69 Å². The van der Waals surface area contributed by atoms with Crippen LogP contribution in [0.25, 0.3) is 0 Å². The van der Waals surface area contributed by atoms with Crippen LogP contribution < -0.4 is 16.0 Å². The molecular weight excluding hydrogens is 494 g/mol. The Balaban J connectivity index is 1.17. The van der Waals surface area contributed by atoms with Crippen molar-refractivity contribution in [2.45, 2.75) is 83.3 Å². The maximum Gasteiger partial charge on any atom is 0.288 e. The van der Waals surface area contributed by atoms with E-state index in [4.69, 9.17) is 0 Å². The maximum absolute atomic E-state index is 13.8. The third kappa shape index (κ3) is 5.49. The molecule has 2 aromatic rings. The molecule has 206 valence electrons. The van der Waals surface area contributed by atoms with Crippen LogP contribution >= 0.6 is 0 Å². The van der Waals surface area contributed by atoms with Crippen molar-refractivity contribution in [3.63, 3.8) is 0 Å². The monoisotopic (exact) mass is 531 g/mol. The van der Waals surface area contributed by atoms with Crippen molar-refractivity contribution in [1.82, 2.24) is 20.4 Å². The van der Waals surface area contributed by atoms with Gasteiger partial charge in [-0.25, -0.2) is 0 Å². The summed E-state index contributed by atoms with van der Waals surface area (Å²) in [6.45, 7) is 3.94. The number of anilines is 1. The fourth-order valence-electron chi connectivity index (χ4n) is 6.17. The lowest BCUT2D eigenvalue weighted by Crippen LogP contribution is -2.50. The van der Waals surface area contributed by atoms with Gasteiger partial charge in [-0.05, 0) is 112 Å². The standard InChI is InChI=1S/C30H37N5O4/c1-16(2)35-24(13-14-31-35)28(37)34-26(25(17-3-4-17)18-5-6-18)29(38)32-21-10-11-22-20(15-21)9-12-23(22)33-30(39)27(36)19-7-8-19/h10-11,13-19,23,25-26H,3-9,12H2,1-2H3,(H,32,38)(H,33,39)(H,34,37)/t23-,26+/m1/s1. The van der Waals surface area contributed by atoms with Crippen molar-refractivity contribution in [1.29, 1.82) is 0 Å². The number of hydrogen-bond acceptors (Lipinski definition) is 5. The van der Waals surface area contributed by atoms with Crippen LogP contribution in [0.15, 0.2) is 30.5 Å². The first-order valence-electron chi connectivity index (χ1n) is 14.4. The molecule has 0 radical (unpaired) electrons. The molecule has 3 fully saturated rings. The van der Waals surface area contributed by atoms with Crippen molar-refractivity contribution in [3.05, 3.63) is 47.3 Å². The van der Waals surface area contributed by atoms with Crippen LogP contribution in [-0.4, -0.2) is 39.3 Å². The predicted molar refractivity (Wildman–Crippen MR) is 145 cm³/mol. The Morgan fingerprint density at radius 3 is 2.31 bits per heavy atom. The summed E-state index contributed by atoms with van der Waals surface area (Å²) in [5.74, 6) is -0.312. The smallest absolute Gasteiger partial charge is 0.288 e. The van der Waals surface area contributed by atoms with E-state index >= 15 is 0 Å². The lowest BCUT2D eigenvalue weighted by atomic mass is 9.88. The number of rotatable bonds is 11. The van der Waals surface area contributed by atoms with Crippen LogP contribution in [0, 0.1) is 23.7 Å². The van der Waals surface area contributed by atoms with Crippen LogP contribution in [-0.2, 0) is 20.8 Å². The zero-order valence-electron chi connectivity index (χ0n) is 22.6. The zero-order valence-corrected chi connectivity index (χ0v) is 22.6. The van der Waals surface area contributed by atoms with E-state index in [0.29, 0.717) is 23.2 Å². The van der Waals surface area contributed by atoms with Gasteiger partial charge in [-0.15, -0.1) is 0 Å². The van der Waals surface area contributed by atoms with E-state index in [9.17, 15) is 19.2 Å². The molecule has 1 aromatic heterocycles. The number of ketones is 1. The lowest BCUT2D eigenvalue weighted by Gasteiger charge is -2.28. The molecule has 3 saturated carbocycles. The van der Waals surface area contributed by atoms with Gasteiger partial charge in [0.05, 0.1) is 6.04 Å². The summed E-state index contributed by atoms with van der Waals surface area (Å²) in [5.41, 5.74) is 3.18. The second-order valence-corrected chi connectivity index (χ2v) is 12.1. The second kappa shape index (κ2) is 10.2. The van der Waals surface area contributed by atoms with Gasteiger partial charge in [0.15, 0.2) is 0 Å². The molecule has 0 saturated heterocycles. The lowest BCUT2D eigenvalue weighted by molar-refractivity contribution is -0.139. The summed E-state index contributed by atoms with van der Waals surface area (Å²) in [6, 6.07) is 6.65. The molecule has 1 heterocycles. The number of amides is 3. The Hall–Kier alpha value is -3.49. The van der Waals surface area contributed by atoms with Gasteiger partial charge in [0.1, 0.15) is 11.7 Å². The number of hydrogen-bond donors (Lipinski definition) is 3. The molecule has 6 rings (SSSR count). The summed E-state index contributed by atoms with van der Waals surface area (Å²) >= 11 is 0. The third-order valence-corrected chi connectivity index (χ3v) is 8.64. The van der Waals surface area contributed by atoms with Crippen LogP contribution in [0.3, 0.4) is 0 Å². The largest absolute Gasteiger partial charge is 0.343 e. The molecule has 1 aromatic carbocycles. The molecule has 0 spiro atoms. The molecule has 0 bridgehead atoms. The quantitative estimate of drug-likeness (QED) is 0.382. The number of nitrogens with one attached hydrogen (secondary N) is 3. The van der Waals surface area contributed by atoms with Gasteiger partial charge in [0, 0.05) is 23.8 Å². The fourth-order valence-corrected chi connectivity index (χ4v) is 6.17. The molecule has 4 aliphatic carbocycles. The van der Waals surface area contributed by atoms with Gasteiger partial charge >= 0.3 is 0 Å². The van der Waals surface area contributed by atoms with E-state index in [-0.39, 0.29) is 41.5 Å². The van der Waals surface area contributed by atoms with E-state index in [1.54, 1.807) is 16.9 Å². The molecule has 9 nitrogen and oxygen atoms in total. The number of fused-ring (bicyclic) bond motifs is 1. The maximum atomic E-state index is 13.8. The highest BCUT2D eigenvalue weighted by Gasteiger charge is 2.48. The number of aryl methyl sites for hydroxylation is 1. The van der Waals surface area contributed by atoms with Crippen molar-refractivity contribution < 1.29 is 19.2 Å². The Kier molecular flexibility index (Phi) is 6.77. The van der Waals surface area contributed by atoms with Gasteiger partial charge in [-0.1, -0.05) is 6.07 Å². The molecule has 0 aliphatic heterocycles. The Labute approximate surface area is 228 Å². The van der Waals surface area contributed by atoms with Gasteiger partial charge < -0.3 is 16.0 Å². The zero-order chi connectivity index (χ0) is 27.3. The minimum absolute atomic E-state index is 0.0301. The number of carbonyl (C=O) groups is 4. The minimum atomic E-state index is -0.623. The Morgan fingerprint density at radius 2 is 1.67 bits per heavy atom. The fraction of sp³-hybridized carbons (Fsp3) is 0.567. The summed E-state index contributed by atoms with van der Waals surface area (Å²) in [5, 5.41) is 13.4. The van der Waals surface area contributed by atoms with Gasteiger partial charge in [0.25, 0.3) is 11.8 Å². The highest BCUT2D eigenvalue weighted by atomic mass is 16.2. The summed E-state index contributed by atoms with van der Waals surface area (Å²) in [7, 11) is 0. The molecule has 3 N–H and O–H groups in total. The van der Waals surface area contributed by atoms with E-state index in [0.717, 1.165) is 62.5 Å². The van der Waals surface area contributed by atoms with Crippen molar-refractivity contribution in [2.24, 2.45) is 23.7 Å². The van der Waals surface area contributed by atoms with Crippen molar-refractivity contribution in [3.8, 4) is 0 Å². The van der Waals surface area contributed by atoms with Crippen molar-refractivity contribution >= 4 is 29.2 Å². The average Bonchev–Trinajstić information content (AvgIpc) is 3.81. The first kappa shape index (κ1) is 25.8. The van der Waals surface area contributed by atoms with Crippen molar-refractivity contribution in [2.75, 3.05) is 5.32 Å². The molecule has 4 aliphatic rings.